The summed E-state index contributed by atoms with van der Waals surface area (Å²) in [6.07, 6.45) is 0. The average Bonchev–Trinajstić information content (AvgIpc) is 3.38. The molecule has 1 N–H and O–H groups in total. The number of fused-ring (bicyclic) bond motifs is 4. The number of hydrogen-bond acceptors (Lipinski definition) is 2. The van der Waals surface area contributed by atoms with Crippen molar-refractivity contribution in [2.24, 2.45) is 0 Å². The highest BCUT2D eigenvalue weighted by Gasteiger charge is 2.17. The lowest BCUT2D eigenvalue weighted by Crippen LogP contribution is -2.09. The van der Waals surface area contributed by atoms with Crippen LogP contribution in [-0.2, 0) is 0 Å². The predicted molar refractivity (Wildman–Crippen MR) is 180 cm³/mol. The summed E-state index contributed by atoms with van der Waals surface area (Å²) < 4.78 is 2.22. The molecule has 0 fully saturated rings. The van der Waals surface area contributed by atoms with E-state index in [9.17, 15) is 5.11 Å². The Morgan fingerprint density at radius 2 is 1.07 bits per heavy atom. The van der Waals surface area contributed by atoms with Crippen LogP contribution in [0, 0.1) is 0 Å². The Morgan fingerprint density at radius 1 is 0.442 bits per heavy atom. The largest absolute Gasteiger partial charge is 0.507 e. The first-order valence-corrected chi connectivity index (χ1v) is 14.5. The molecule has 8 aromatic rings. The second-order valence-corrected chi connectivity index (χ2v) is 10.8. The molecular formula is C40H28N2O. The summed E-state index contributed by atoms with van der Waals surface area (Å²) in [5, 5.41) is 16.1. The SMILES string of the molecule is Oc1cc2c(cc1-c1ccc(N(c3ccccc3)c3ccc4ccccc4c3)cc1)c1ccccc1n2-c1ccccc1. The van der Waals surface area contributed by atoms with Crippen LogP contribution in [-0.4, -0.2) is 9.67 Å². The fourth-order valence-corrected chi connectivity index (χ4v) is 6.22. The van der Waals surface area contributed by atoms with Crippen LogP contribution in [0.5, 0.6) is 5.75 Å². The highest BCUT2D eigenvalue weighted by atomic mass is 16.3. The van der Waals surface area contributed by atoms with E-state index in [2.05, 4.69) is 143 Å². The van der Waals surface area contributed by atoms with Crippen LogP contribution < -0.4 is 4.90 Å². The minimum Gasteiger partial charge on any atom is -0.507 e. The van der Waals surface area contributed by atoms with Gasteiger partial charge in [-0.1, -0.05) is 97.1 Å². The fraction of sp³-hybridized carbons (Fsp3) is 0. The molecule has 43 heavy (non-hydrogen) atoms. The van der Waals surface area contributed by atoms with Crippen molar-refractivity contribution >= 4 is 49.6 Å². The number of rotatable bonds is 5. The first kappa shape index (κ1) is 25.0. The molecule has 0 saturated heterocycles. The zero-order valence-corrected chi connectivity index (χ0v) is 23.4. The van der Waals surface area contributed by atoms with E-state index >= 15 is 0 Å². The minimum atomic E-state index is 0.259. The maximum absolute atomic E-state index is 11.4. The Kier molecular flexibility index (Phi) is 5.94. The van der Waals surface area contributed by atoms with Crippen molar-refractivity contribution in [2.45, 2.75) is 0 Å². The molecule has 0 aliphatic heterocycles. The Morgan fingerprint density at radius 3 is 1.86 bits per heavy atom. The van der Waals surface area contributed by atoms with Gasteiger partial charge in [0.15, 0.2) is 0 Å². The molecule has 0 bridgehead atoms. The van der Waals surface area contributed by atoms with Gasteiger partial charge in [-0.3, -0.25) is 0 Å². The van der Waals surface area contributed by atoms with Gasteiger partial charge in [0.2, 0.25) is 0 Å². The topological polar surface area (TPSA) is 28.4 Å². The van der Waals surface area contributed by atoms with Crippen molar-refractivity contribution in [3.63, 3.8) is 0 Å². The van der Waals surface area contributed by atoms with Crippen molar-refractivity contribution in [1.82, 2.24) is 4.57 Å². The summed E-state index contributed by atoms with van der Waals surface area (Å²) in [4.78, 5) is 2.27. The van der Waals surface area contributed by atoms with Crippen LogP contribution in [0.15, 0.2) is 164 Å². The van der Waals surface area contributed by atoms with E-state index in [0.29, 0.717) is 0 Å². The number of hydrogen-bond donors (Lipinski definition) is 1. The summed E-state index contributed by atoms with van der Waals surface area (Å²) in [5.41, 5.74) is 8.17. The van der Waals surface area contributed by atoms with Crippen LogP contribution in [0.1, 0.15) is 0 Å². The molecule has 0 aliphatic rings. The van der Waals surface area contributed by atoms with E-state index < -0.39 is 0 Å². The maximum Gasteiger partial charge on any atom is 0.125 e. The lowest BCUT2D eigenvalue weighted by molar-refractivity contribution is 0.478. The minimum absolute atomic E-state index is 0.259. The van der Waals surface area contributed by atoms with Crippen LogP contribution in [0.2, 0.25) is 0 Å². The van der Waals surface area contributed by atoms with Gasteiger partial charge >= 0.3 is 0 Å². The number of nitrogens with zero attached hydrogens (tertiary/aromatic N) is 2. The second-order valence-electron chi connectivity index (χ2n) is 10.8. The summed E-state index contributed by atoms with van der Waals surface area (Å²) in [5.74, 6) is 0.259. The molecule has 0 amide bonds. The van der Waals surface area contributed by atoms with Crippen LogP contribution in [0.4, 0.5) is 17.1 Å². The van der Waals surface area contributed by atoms with E-state index in [4.69, 9.17) is 0 Å². The number of phenolic OH excluding ortho intramolecular Hbond substituents is 1. The van der Waals surface area contributed by atoms with Gasteiger partial charge in [-0.25, -0.2) is 0 Å². The zero-order valence-electron chi connectivity index (χ0n) is 23.4. The standard InChI is InChI=1S/C40H28N2O/c43-40-27-39-37(35-17-9-10-18-38(35)42(39)32-15-5-2-6-16-32)26-36(40)29-20-22-33(23-21-29)41(31-13-3-1-4-14-31)34-24-19-28-11-7-8-12-30(28)25-34/h1-27,43H. The average molecular weight is 553 g/mol. The summed E-state index contributed by atoms with van der Waals surface area (Å²) in [6.45, 7) is 0. The number of phenols is 1. The molecule has 0 spiro atoms. The molecule has 0 aliphatic carbocycles. The van der Waals surface area contributed by atoms with Crippen molar-refractivity contribution in [2.75, 3.05) is 4.90 Å². The van der Waals surface area contributed by atoms with Gasteiger partial charge in [-0.15, -0.1) is 0 Å². The van der Waals surface area contributed by atoms with E-state index in [-0.39, 0.29) is 5.75 Å². The van der Waals surface area contributed by atoms with E-state index in [0.717, 1.165) is 55.7 Å². The Balaban J connectivity index is 1.25. The normalized spacial score (nSPS) is 11.3. The Labute approximate surface area is 250 Å². The zero-order chi connectivity index (χ0) is 28.8. The van der Waals surface area contributed by atoms with Crippen molar-refractivity contribution < 1.29 is 5.11 Å². The molecule has 0 radical (unpaired) electrons. The van der Waals surface area contributed by atoms with Crippen molar-refractivity contribution in [3.8, 4) is 22.6 Å². The molecule has 0 unspecified atom stereocenters. The molecular weight excluding hydrogens is 524 g/mol. The van der Waals surface area contributed by atoms with Crippen molar-refractivity contribution in [1.29, 1.82) is 0 Å². The van der Waals surface area contributed by atoms with Gasteiger partial charge < -0.3 is 14.6 Å². The molecule has 0 saturated carbocycles. The number of anilines is 3. The van der Waals surface area contributed by atoms with Gasteiger partial charge in [-0.2, -0.15) is 0 Å². The maximum atomic E-state index is 11.4. The van der Waals surface area contributed by atoms with Gasteiger partial charge in [0.05, 0.1) is 11.0 Å². The molecule has 204 valence electrons. The van der Waals surface area contributed by atoms with Crippen LogP contribution in [0.25, 0.3) is 49.4 Å². The summed E-state index contributed by atoms with van der Waals surface area (Å²) in [6, 6.07) is 56.7. The lowest BCUT2D eigenvalue weighted by atomic mass is 10.0. The molecule has 1 heterocycles. The van der Waals surface area contributed by atoms with Gasteiger partial charge in [-0.05, 0) is 77.0 Å². The quantitative estimate of drug-likeness (QED) is 0.230. The van der Waals surface area contributed by atoms with Gasteiger partial charge in [0, 0.05) is 45.2 Å². The van der Waals surface area contributed by atoms with E-state index in [1.54, 1.807) is 0 Å². The smallest absolute Gasteiger partial charge is 0.125 e. The first-order chi connectivity index (χ1) is 21.2. The fourth-order valence-electron chi connectivity index (χ4n) is 6.22. The van der Waals surface area contributed by atoms with Gasteiger partial charge in [0.1, 0.15) is 5.75 Å². The Hall–Kier alpha value is -5.80. The summed E-state index contributed by atoms with van der Waals surface area (Å²) in [7, 11) is 0. The summed E-state index contributed by atoms with van der Waals surface area (Å²) >= 11 is 0. The molecule has 8 rings (SSSR count). The monoisotopic (exact) mass is 552 g/mol. The van der Waals surface area contributed by atoms with E-state index in [1.807, 2.05) is 30.3 Å². The van der Waals surface area contributed by atoms with Crippen LogP contribution >= 0.6 is 0 Å². The molecule has 3 nitrogen and oxygen atoms in total. The number of aromatic hydroxyl groups is 1. The molecule has 3 heteroatoms. The lowest BCUT2D eigenvalue weighted by Gasteiger charge is -2.26. The number of para-hydroxylation sites is 3. The van der Waals surface area contributed by atoms with Gasteiger partial charge in [0.25, 0.3) is 0 Å². The molecule has 7 aromatic carbocycles. The third-order valence-electron chi connectivity index (χ3n) is 8.25. The predicted octanol–water partition coefficient (Wildman–Crippen LogP) is 10.8. The molecule has 0 atom stereocenters. The van der Waals surface area contributed by atoms with Crippen molar-refractivity contribution in [3.05, 3.63) is 164 Å². The highest BCUT2D eigenvalue weighted by molar-refractivity contribution is 6.11. The second kappa shape index (κ2) is 10.2. The third-order valence-corrected chi connectivity index (χ3v) is 8.25. The van der Waals surface area contributed by atoms with E-state index in [1.165, 1.54) is 10.8 Å². The number of aromatic nitrogens is 1. The first-order valence-electron chi connectivity index (χ1n) is 14.5. The molecule has 1 aromatic heterocycles. The highest BCUT2D eigenvalue weighted by Crippen LogP contribution is 2.41. The Bertz CT molecular complexity index is 2230. The number of benzene rings is 7. The third kappa shape index (κ3) is 4.30. The van der Waals surface area contributed by atoms with Crippen LogP contribution in [0.3, 0.4) is 0 Å².